The summed E-state index contributed by atoms with van der Waals surface area (Å²) in [6.45, 7) is 5.75. The quantitative estimate of drug-likeness (QED) is 0.326. The van der Waals surface area contributed by atoms with Gasteiger partial charge in [0.25, 0.3) is 0 Å². The van der Waals surface area contributed by atoms with E-state index in [1.807, 2.05) is 32.9 Å². The molecule has 0 bridgehead atoms. The molecule has 5 rings (SSSR count). The standard InChI is InChI=1S/C26H21N3O4S/c1-13-8-18(14(2)28-20-7-5-4-6-17(20)26(31)32)24-19(9-13)22(30)11-23(33-24)16-10-21-25(27-12-16)34-15(3)29-21/h4-12,14,28H,1-3H3,(H,31,32). The maximum absolute atomic E-state index is 13.1. The minimum atomic E-state index is -1.02. The third-order valence-electron chi connectivity index (χ3n) is 5.64. The van der Waals surface area contributed by atoms with Gasteiger partial charge in [-0.25, -0.2) is 14.8 Å². The minimum Gasteiger partial charge on any atom is -0.478 e. The number of thiazole rings is 1. The van der Waals surface area contributed by atoms with Crippen molar-refractivity contribution in [3.8, 4) is 11.3 Å². The van der Waals surface area contributed by atoms with Gasteiger partial charge in [0.15, 0.2) is 5.43 Å². The van der Waals surface area contributed by atoms with Gasteiger partial charge in [-0.2, -0.15) is 0 Å². The van der Waals surface area contributed by atoms with Crippen molar-refractivity contribution >= 4 is 44.3 Å². The lowest BCUT2D eigenvalue weighted by Crippen LogP contribution is -2.12. The summed E-state index contributed by atoms with van der Waals surface area (Å²) in [5, 5.41) is 14.2. The molecule has 2 aromatic carbocycles. The van der Waals surface area contributed by atoms with Crippen molar-refractivity contribution in [3.63, 3.8) is 0 Å². The van der Waals surface area contributed by atoms with E-state index in [0.29, 0.717) is 28.0 Å². The van der Waals surface area contributed by atoms with Gasteiger partial charge in [-0.3, -0.25) is 4.79 Å². The predicted octanol–water partition coefficient (Wildman–Crippen LogP) is 5.95. The maximum Gasteiger partial charge on any atom is 0.337 e. The minimum absolute atomic E-state index is 0.158. The number of hydrogen-bond donors (Lipinski definition) is 2. The van der Waals surface area contributed by atoms with Gasteiger partial charge in [0, 0.05) is 29.1 Å². The second-order valence-electron chi connectivity index (χ2n) is 8.20. The summed E-state index contributed by atoms with van der Waals surface area (Å²) >= 11 is 1.51. The number of rotatable bonds is 5. The number of carboxylic acids is 1. The van der Waals surface area contributed by atoms with Crippen molar-refractivity contribution < 1.29 is 14.3 Å². The van der Waals surface area contributed by atoms with Gasteiger partial charge in [0.1, 0.15) is 21.7 Å². The Morgan fingerprint density at radius 3 is 2.74 bits per heavy atom. The van der Waals surface area contributed by atoms with Gasteiger partial charge in [0.2, 0.25) is 0 Å². The van der Waals surface area contributed by atoms with Crippen LogP contribution < -0.4 is 10.7 Å². The predicted molar refractivity (Wildman–Crippen MR) is 134 cm³/mol. The van der Waals surface area contributed by atoms with Crippen LogP contribution in [0, 0.1) is 13.8 Å². The fourth-order valence-electron chi connectivity index (χ4n) is 4.07. The molecule has 1 unspecified atom stereocenters. The number of carbonyl (C=O) groups is 1. The Morgan fingerprint density at radius 2 is 1.94 bits per heavy atom. The van der Waals surface area contributed by atoms with Crippen LogP contribution in [0.15, 0.2) is 63.9 Å². The molecule has 3 heterocycles. The first-order chi connectivity index (χ1) is 16.3. The van der Waals surface area contributed by atoms with Crippen LogP contribution in [0.1, 0.15) is 39.5 Å². The van der Waals surface area contributed by atoms with Crippen LogP contribution in [-0.4, -0.2) is 21.0 Å². The van der Waals surface area contributed by atoms with E-state index in [1.165, 1.54) is 17.4 Å². The van der Waals surface area contributed by atoms with Gasteiger partial charge in [0.05, 0.1) is 22.0 Å². The summed E-state index contributed by atoms with van der Waals surface area (Å²) in [7, 11) is 0. The Morgan fingerprint density at radius 1 is 1.15 bits per heavy atom. The van der Waals surface area contributed by atoms with E-state index in [0.717, 1.165) is 26.5 Å². The number of hydrogen-bond acceptors (Lipinski definition) is 7. The number of nitrogens with zero attached hydrogens (tertiary/aromatic N) is 2. The van der Waals surface area contributed by atoms with Crippen LogP contribution in [0.3, 0.4) is 0 Å². The summed E-state index contributed by atoms with van der Waals surface area (Å²) in [4.78, 5) is 34.5. The molecule has 1 atom stereocenters. The number of nitrogens with one attached hydrogen (secondary N) is 1. The van der Waals surface area contributed by atoms with Crippen molar-refractivity contribution in [3.05, 3.63) is 86.6 Å². The molecule has 0 amide bonds. The van der Waals surface area contributed by atoms with Crippen LogP contribution in [-0.2, 0) is 0 Å². The summed E-state index contributed by atoms with van der Waals surface area (Å²) in [5.74, 6) is -0.612. The highest BCUT2D eigenvalue weighted by molar-refractivity contribution is 7.18. The van der Waals surface area contributed by atoms with Gasteiger partial charge in [-0.05, 0) is 50.6 Å². The smallest absolute Gasteiger partial charge is 0.337 e. The first-order valence-corrected chi connectivity index (χ1v) is 11.5. The summed E-state index contributed by atoms with van der Waals surface area (Å²) in [5.41, 5.74) is 4.05. The SMILES string of the molecule is Cc1cc(C(C)Nc2ccccc2C(=O)O)c2oc(-c3cnc4sc(C)nc4c3)cc(=O)c2c1. The second-order valence-corrected chi connectivity index (χ2v) is 9.39. The van der Waals surface area contributed by atoms with Crippen molar-refractivity contribution in [1.82, 2.24) is 9.97 Å². The molecule has 0 spiro atoms. The van der Waals surface area contributed by atoms with E-state index >= 15 is 0 Å². The fourth-order valence-corrected chi connectivity index (χ4v) is 4.81. The van der Waals surface area contributed by atoms with E-state index in [9.17, 15) is 14.7 Å². The zero-order valence-electron chi connectivity index (χ0n) is 18.7. The van der Waals surface area contributed by atoms with Crippen molar-refractivity contribution in [2.24, 2.45) is 0 Å². The van der Waals surface area contributed by atoms with Crippen LogP contribution in [0.4, 0.5) is 5.69 Å². The van der Waals surface area contributed by atoms with E-state index in [4.69, 9.17) is 4.42 Å². The molecule has 3 aromatic heterocycles. The number of benzene rings is 2. The van der Waals surface area contributed by atoms with Crippen molar-refractivity contribution in [2.45, 2.75) is 26.8 Å². The average Bonchev–Trinajstić information content (AvgIpc) is 3.18. The molecule has 5 aromatic rings. The van der Waals surface area contributed by atoms with Crippen LogP contribution in [0.5, 0.6) is 0 Å². The molecule has 170 valence electrons. The Bertz CT molecular complexity index is 1640. The lowest BCUT2D eigenvalue weighted by atomic mass is 10.00. The summed E-state index contributed by atoms with van der Waals surface area (Å²) in [6.07, 6.45) is 1.68. The number of aryl methyl sites for hydroxylation is 2. The monoisotopic (exact) mass is 471 g/mol. The number of pyridine rings is 1. The summed E-state index contributed by atoms with van der Waals surface area (Å²) in [6, 6.07) is 13.5. The molecule has 0 radical (unpaired) electrons. The topological polar surface area (TPSA) is 105 Å². The number of carboxylic acid groups (broad SMARTS) is 1. The Labute approximate surface area is 198 Å². The average molecular weight is 472 g/mol. The molecule has 8 heteroatoms. The van der Waals surface area contributed by atoms with Crippen molar-refractivity contribution in [2.75, 3.05) is 5.32 Å². The largest absolute Gasteiger partial charge is 0.478 e. The normalized spacial score (nSPS) is 12.2. The number of para-hydroxylation sites is 1. The van der Waals surface area contributed by atoms with Gasteiger partial charge < -0.3 is 14.8 Å². The van der Waals surface area contributed by atoms with Gasteiger partial charge in [-0.15, -0.1) is 0 Å². The maximum atomic E-state index is 13.1. The highest BCUT2D eigenvalue weighted by Gasteiger charge is 2.19. The molecular formula is C26H21N3O4S. The lowest BCUT2D eigenvalue weighted by molar-refractivity contribution is 0.0698. The Balaban J connectivity index is 1.64. The fraction of sp³-hybridized carbons (Fsp3) is 0.154. The van der Waals surface area contributed by atoms with Crippen LogP contribution in [0.2, 0.25) is 0 Å². The van der Waals surface area contributed by atoms with Crippen molar-refractivity contribution in [1.29, 1.82) is 0 Å². The number of aromatic nitrogens is 2. The molecule has 34 heavy (non-hydrogen) atoms. The Hall–Kier alpha value is -4.04. The number of aromatic carboxylic acids is 1. The zero-order chi connectivity index (χ0) is 24.0. The second kappa shape index (κ2) is 8.39. The highest BCUT2D eigenvalue weighted by Crippen LogP contribution is 2.32. The summed E-state index contributed by atoms with van der Waals surface area (Å²) < 4.78 is 6.29. The third-order valence-corrected chi connectivity index (χ3v) is 6.53. The van der Waals surface area contributed by atoms with Gasteiger partial charge in [-0.1, -0.05) is 29.5 Å². The number of anilines is 1. The first-order valence-electron chi connectivity index (χ1n) is 10.7. The molecule has 0 aliphatic rings. The molecule has 0 saturated carbocycles. The number of fused-ring (bicyclic) bond motifs is 2. The van der Waals surface area contributed by atoms with E-state index in [2.05, 4.69) is 15.3 Å². The molecule has 2 N–H and O–H groups in total. The highest BCUT2D eigenvalue weighted by atomic mass is 32.1. The molecule has 0 aliphatic heterocycles. The van der Waals surface area contributed by atoms with E-state index in [1.54, 1.807) is 36.5 Å². The Kier molecular flexibility index (Phi) is 5.37. The van der Waals surface area contributed by atoms with Crippen LogP contribution >= 0.6 is 11.3 Å². The van der Waals surface area contributed by atoms with Crippen LogP contribution in [0.25, 0.3) is 32.6 Å². The zero-order valence-corrected chi connectivity index (χ0v) is 19.6. The molecule has 7 nitrogen and oxygen atoms in total. The first kappa shape index (κ1) is 21.8. The molecule has 0 saturated heterocycles. The van der Waals surface area contributed by atoms with E-state index in [-0.39, 0.29) is 17.0 Å². The van der Waals surface area contributed by atoms with E-state index < -0.39 is 5.97 Å². The lowest BCUT2D eigenvalue weighted by Gasteiger charge is -2.19. The third kappa shape index (κ3) is 3.92. The molecule has 0 aliphatic carbocycles. The molecular weight excluding hydrogens is 450 g/mol. The molecule has 0 fully saturated rings. The van der Waals surface area contributed by atoms with Gasteiger partial charge >= 0.3 is 5.97 Å².